The SMILES string of the molecule is O=C(C1CCN(Cc2ccncc2)CC1)N1CCC(/C(=C\O)c2ccccc2)CC1. The van der Waals surface area contributed by atoms with Crippen molar-refractivity contribution in [3.05, 3.63) is 72.2 Å². The van der Waals surface area contributed by atoms with Gasteiger partial charge in [-0.2, -0.15) is 0 Å². The maximum atomic E-state index is 13.1. The number of benzene rings is 1. The summed E-state index contributed by atoms with van der Waals surface area (Å²) in [6, 6.07) is 14.2. The van der Waals surface area contributed by atoms with E-state index in [9.17, 15) is 9.90 Å². The molecule has 0 aliphatic carbocycles. The van der Waals surface area contributed by atoms with Crippen LogP contribution >= 0.6 is 0 Å². The van der Waals surface area contributed by atoms with Gasteiger partial charge in [0.15, 0.2) is 0 Å². The molecule has 158 valence electrons. The molecule has 5 nitrogen and oxygen atoms in total. The molecule has 30 heavy (non-hydrogen) atoms. The Morgan fingerprint density at radius 1 is 0.933 bits per heavy atom. The monoisotopic (exact) mass is 405 g/mol. The van der Waals surface area contributed by atoms with Crippen LogP contribution in [0.2, 0.25) is 0 Å². The van der Waals surface area contributed by atoms with Crippen LogP contribution in [0.25, 0.3) is 5.57 Å². The maximum absolute atomic E-state index is 13.1. The van der Waals surface area contributed by atoms with E-state index in [2.05, 4.69) is 26.9 Å². The molecular formula is C25H31N3O2. The van der Waals surface area contributed by atoms with Crippen molar-refractivity contribution in [2.24, 2.45) is 11.8 Å². The smallest absolute Gasteiger partial charge is 0.225 e. The number of nitrogens with zero attached hydrogens (tertiary/aromatic N) is 3. The van der Waals surface area contributed by atoms with Crippen molar-refractivity contribution in [2.75, 3.05) is 26.2 Å². The molecule has 2 fully saturated rings. The van der Waals surface area contributed by atoms with Crippen LogP contribution in [0.15, 0.2) is 61.1 Å². The van der Waals surface area contributed by atoms with Gasteiger partial charge in [0.05, 0.1) is 6.26 Å². The second-order valence-electron chi connectivity index (χ2n) is 8.46. The minimum atomic E-state index is 0.150. The summed E-state index contributed by atoms with van der Waals surface area (Å²) in [7, 11) is 0. The number of amides is 1. The number of likely N-dealkylation sites (tertiary alicyclic amines) is 2. The Morgan fingerprint density at radius 3 is 2.20 bits per heavy atom. The molecule has 0 unspecified atom stereocenters. The molecule has 0 saturated carbocycles. The quantitative estimate of drug-likeness (QED) is 0.760. The highest BCUT2D eigenvalue weighted by atomic mass is 16.2. The fourth-order valence-corrected chi connectivity index (χ4v) is 4.80. The molecule has 2 aliphatic rings. The zero-order chi connectivity index (χ0) is 20.8. The summed E-state index contributed by atoms with van der Waals surface area (Å²) in [5.41, 5.74) is 3.35. The van der Waals surface area contributed by atoms with Gasteiger partial charge in [-0.1, -0.05) is 30.3 Å². The summed E-state index contributed by atoms with van der Waals surface area (Å²) in [5.74, 6) is 0.784. The highest BCUT2D eigenvalue weighted by Crippen LogP contribution is 2.32. The first-order valence-electron chi connectivity index (χ1n) is 11.0. The molecule has 0 spiro atoms. The van der Waals surface area contributed by atoms with Crippen molar-refractivity contribution in [1.82, 2.24) is 14.8 Å². The average Bonchev–Trinajstić information content (AvgIpc) is 2.81. The number of aromatic nitrogens is 1. The van der Waals surface area contributed by atoms with Crippen LogP contribution in [-0.4, -0.2) is 52.0 Å². The van der Waals surface area contributed by atoms with E-state index in [0.717, 1.165) is 69.5 Å². The van der Waals surface area contributed by atoms with Gasteiger partial charge in [-0.05, 0) is 73.5 Å². The van der Waals surface area contributed by atoms with Gasteiger partial charge in [-0.3, -0.25) is 14.7 Å². The third-order valence-electron chi connectivity index (χ3n) is 6.59. The molecule has 1 aromatic carbocycles. The number of hydrogen-bond donors (Lipinski definition) is 1. The van der Waals surface area contributed by atoms with Crippen LogP contribution in [0.1, 0.15) is 36.8 Å². The molecule has 1 amide bonds. The number of hydrogen-bond acceptors (Lipinski definition) is 4. The summed E-state index contributed by atoms with van der Waals surface area (Å²) in [4.78, 5) is 21.6. The minimum absolute atomic E-state index is 0.150. The molecule has 5 heteroatoms. The lowest BCUT2D eigenvalue weighted by Gasteiger charge is -2.37. The van der Waals surface area contributed by atoms with E-state index < -0.39 is 0 Å². The Hall–Kier alpha value is -2.66. The van der Waals surface area contributed by atoms with Gasteiger partial charge in [0.25, 0.3) is 0 Å². The topological polar surface area (TPSA) is 56.7 Å². The van der Waals surface area contributed by atoms with Crippen molar-refractivity contribution in [3.8, 4) is 0 Å². The molecule has 1 N–H and O–H groups in total. The molecule has 0 bridgehead atoms. The summed E-state index contributed by atoms with van der Waals surface area (Å²) < 4.78 is 0. The van der Waals surface area contributed by atoms with Crippen LogP contribution in [0.3, 0.4) is 0 Å². The van der Waals surface area contributed by atoms with Crippen LogP contribution in [0.4, 0.5) is 0 Å². The summed E-state index contributed by atoms with van der Waals surface area (Å²) >= 11 is 0. The number of pyridine rings is 1. The van der Waals surface area contributed by atoms with Gasteiger partial charge in [-0.15, -0.1) is 0 Å². The largest absolute Gasteiger partial charge is 0.515 e. The number of piperidine rings is 2. The number of aliphatic hydroxyl groups excluding tert-OH is 1. The molecule has 3 heterocycles. The maximum Gasteiger partial charge on any atom is 0.225 e. The van der Waals surface area contributed by atoms with Gasteiger partial charge < -0.3 is 10.0 Å². The molecule has 2 aromatic rings. The van der Waals surface area contributed by atoms with Crippen molar-refractivity contribution in [1.29, 1.82) is 0 Å². The molecule has 0 radical (unpaired) electrons. The molecule has 4 rings (SSSR count). The zero-order valence-corrected chi connectivity index (χ0v) is 17.5. The Kier molecular flexibility index (Phi) is 6.80. The fraction of sp³-hybridized carbons (Fsp3) is 0.440. The predicted molar refractivity (Wildman–Crippen MR) is 119 cm³/mol. The van der Waals surface area contributed by atoms with Gasteiger partial charge in [0, 0.05) is 37.9 Å². The van der Waals surface area contributed by atoms with E-state index in [1.165, 1.54) is 11.8 Å². The van der Waals surface area contributed by atoms with E-state index in [-0.39, 0.29) is 5.92 Å². The Bertz CT molecular complexity index is 837. The lowest BCUT2D eigenvalue weighted by molar-refractivity contribution is -0.138. The van der Waals surface area contributed by atoms with Crippen molar-refractivity contribution in [3.63, 3.8) is 0 Å². The summed E-state index contributed by atoms with van der Waals surface area (Å²) in [5, 5.41) is 9.79. The first-order valence-corrected chi connectivity index (χ1v) is 11.0. The standard InChI is InChI=1S/C25H31N3O2/c29-19-24(21-4-2-1-3-5-21)22-10-16-28(17-11-22)25(30)23-8-14-27(15-9-23)18-20-6-12-26-13-7-20/h1-7,12-13,19,22-23,29H,8-11,14-18H2/b24-19-. The second-order valence-corrected chi connectivity index (χ2v) is 8.46. The molecule has 0 atom stereocenters. The first-order chi connectivity index (χ1) is 14.7. The number of carbonyl (C=O) groups is 1. The lowest BCUT2D eigenvalue weighted by Crippen LogP contribution is -2.45. The van der Waals surface area contributed by atoms with E-state index in [1.54, 1.807) is 0 Å². The molecule has 2 saturated heterocycles. The highest BCUT2D eigenvalue weighted by Gasteiger charge is 2.31. The third-order valence-corrected chi connectivity index (χ3v) is 6.59. The van der Waals surface area contributed by atoms with Gasteiger partial charge >= 0.3 is 0 Å². The number of carbonyl (C=O) groups excluding carboxylic acids is 1. The summed E-state index contributed by atoms with van der Waals surface area (Å²) in [6.45, 7) is 4.45. The predicted octanol–water partition coefficient (Wildman–Crippen LogP) is 4.13. The van der Waals surface area contributed by atoms with Gasteiger partial charge in [0.2, 0.25) is 5.91 Å². The minimum Gasteiger partial charge on any atom is -0.515 e. The van der Waals surface area contributed by atoms with Crippen LogP contribution in [0.5, 0.6) is 0 Å². The van der Waals surface area contributed by atoms with Crippen LogP contribution < -0.4 is 0 Å². The van der Waals surface area contributed by atoms with Gasteiger partial charge in [0.1, 0.15) is 0 Å². The third kappa shape index (κ3) is 4.90. The number of rotatable bonds is 5. The summed E-state index contributed by atoms with van der Waals surface area (Å²) in [6.07, 6.45) is 8.64. The molecular weight excluding hydrogens is 374 g/mol. The highest BCUT2D eigenvalue weighted by molar-refractivity contribution is 5.79. The number of aliphatic hydroxyl groups is 1. The van der Waals surface area contributed by atoms with Gasteiger partial charge in [-0.25, -0.2) is 0 Å². The van der Waals surface area contributed by atoms with Crippen molar-refractivity contribution >= 4 is 11.5 Å². The first kappa shape index (κ1) is 20.6. The fourth-order valence-electron chi connectivity index (χ4n) is 4.80. The Labute approximate surface area is 179 Å². The van der Waals surface area contributed by atoms with E-state index >= 15 is 0 Å². The molecule has 2 aliphatic heterocycles. The Balaban J connectivity index is 1.26. The molecule has 1 aromatic heterocycles. The van der Waals surface area contributed by atoms with E-state index in [4.69, 9.17) is 0 Å². The van der Waals surface area contributed by atoms with E-state index in [0.29, 0.717) is 11.8 Å². The zero-order valence-electron chi connectivity index (χ0n) is 17.5. The lowest BCUT2D eigenvalue weighted by atomic mass is 9.85. The van der Waals surface area contributed by atoms with Crippen molar-refractivity contribution < 1.29 is 9.90 Å². The Morgan fingerprint density at radius 2 is 1.57 bits per heavy atom. The second kappa shape index (κ2) is 9.90. The van der Waals surface area contributed by atoms with E-state index in [1.807, 2.05) is 42.7 Å². The van der Waals surface area contributed by atoms with Crippen LogP contribution in [0, 0.1) is 11.8 Å². The number of allylic oxidation sites excluding steroid dienone is 1. The average molecular weight is 406 g/mol. The van der Waals surface area contributed by atoms with Crippen molar-refractivity contribution in [2.45, 2.75) is 32.2 Å². The van der Waals surface area contributed by atoms with Crippen LogP contribution in [-0.2, 0) is 11.3 Å². The normalized spacial score (nSPS) is 19.7.